The van der Waals surface area contributed by atoms with Crippen LogP contribution in [0, 0.1) is 5.92 Å². The fourth-order valence-electron chi connectivity index (χ4n) is 3.43. The zero-order chi connectivity index (χ0) is 19.0. The number of amides is 1. The Hall–Kier alpha value is -2.60. The SMILES string of the molecule is COc1ccc(-c2ccc3c(N)c(C(=O)N4CCC(C)CC4)sc3n2)cc1. The van der Waals surface area contributed by atoms with Crippen molar-refractivity contribution in [2.75, 3.05) is 25.9 Å². The number of hydrogen-bond acceptors (Lipinski definition) is 5. The number of hydrogen-bond donors (Lipinski definition) is 1. The first-order chi connectivity index (χ1) is 13.1. The summed E-state index contributed by atoms with van der Waals surface area (Å²) in [6, 6.07) is 11.7. The van der Waals surface area contributed by atoms with Crippen LogP contribution in [0.25, 0.3) is 21.5 Å². The van der Waals surface area contributed by atoms with Gasteiger partial charge in [0.15, 0.2) is 0 Å². The molecule has 0 spiro atoms. The maximum Gasteiger partial charge on any atom is 0.266 e. The van der Waals surface area contributed by atoms with Crippen molar-refractivity contribution in [3.05, 3.63) is 41.3 Å². The van der Waals surface area contributed by atoms with Gasteiger partial charge < -0.3 is 15.4 Å². The lowest BCUT2D eigenvalue weighted by Gasteiger charge is -2.30. The predicted octanol–water partition coefficient (Wildman–Crippen LogP) is 4.43. The molecule has 2 N–H and O–H groups in total. The van der Waals surface area contributed by atoms with E-state index in [0.717, 1.165) is 53.2 Å². The number of aromatic nitrogens is 1. The van der Waals surface area contributed by atoms with Crippen LogP contribution in [0.15, 0.2) is 36.4 Å². The van der Waals surface area contributed by atoms with E-state index in [0.29, 0.717) is 16.5 Å². The first-order valence-corrected chi connectivity index (χ1v) is 10.0. The molecule has 0 saturated carbocycles. The number of nitrogens with two attached hydrogens (primary N) is 1. The normalized spacial score (nSPS) is 15.3. The van der Waals surface area contributed by atoms with Gasteiger partial charge in [-0.1, -0.05) is 6.92 Å². The number of thiophene rings is 1. The summed E-state index contributed by atoms with van der Waals surface area (Å²) in [5.41, 5.74) is 8.72. The molecular weight excluding hydrogens is 358 g/mol. The number of benzene rings is 1. The fourth-order valence-corrected chi connectivity index (χ4v) is 4.50. The Kier molecular flexibility index (Phi) is 4.74. The van der Waals surface area contributed by atoms with Crippen molar-refractivity contribution in [2.45, 2.75) is 19.8 Å². The summed E-state index contributed by atoms with van der Waals surface area (Å²) in [5.74, 6) is 1.53. The third-order valence-corrected chi connectivity index (χ3v) is 6.35. The Morgan fingerprint density at radius 2 is 1.89 bits per heavy atom. The lowest BCUT2D eigenvalue weighted by molar-refractivity contribution is 0.0703. The van der Waals surface area contributed by atoms with Crippen LogP contribution in [0.5, 0.6) is 5.75 Å². The van der Waals surface area contributed by atoms with Gasteiger partial charge in [0, 0.05) is 24.0 Å². The van der Waals surface area contributed by atoms with Crippen LogP contribution >= 0.6 is 11.3 Å². The molecule has 0 radical (unpaired) electrons. The van der Waals surface area contributed by atoms with Gasteiger partial charge in [-0.3, -0.25) is 4.79 Å². The maximum absolute atomic E-state index is 12.9. The number of pyridine rings is 1. The summed E-state index contributed by atoms with van der Waals surface area (Å²) >= 11 is 1.39. The van der Waals surface area contributed by atoms with Crippen LogP contribution in [0.1, 0.15) is 29.4 Å². The molecule has 0 aliphatic carbocycles. The third kappa shape index (κ3) is 3.37. The lowest BCUT2D eigenvalue weighted by atomic mass is 9.99. The van der Waals surface area contributed by atoms with Crippen LogP contribution in [0.4, 0.5) is 5.69 Å². The van der Waals surface area contributed by atoms with Gasteiger partial charge in [-0.2, -0.15) is 0 Å². The van der Waals surface area contributed by atoms with Crippen molar-refractivity contribution < 1.29 is 9.53 Å². The monoisotopic (exact) mass is 381 g/mol. The summed E-state index contributed by atoms with van der Waals surface area (Å²) in [5, 5.41) is 0.853. The molecule has 2 aromatic heterocycles. The van der Waals surface area contributed by atoms with E-state index in [1.165, 1.54) is 11.3 Å². The molecule has 3 heterocycles. The van der Waals surface area contributed by atoms with Crippen LogP contribution in [0.2, 0.25) is 0 Å². The van der Waals surface area contributed by atoms with Crippen molar-refractivity contribution in [3.63, 3.8) is 0 Å². The van der Waals surface area contributed by atoms with Crippen molar-refractivity contribution in [1.29, 1.82) is 0 Å². The molecule has 1 aliphatic heterocycles. The van der Waals surface area contributed by atoms with E-state index in [2.05, 4.69) is 6.92 Å². The average Bonchev–Trinajstić information content (AvgIpc) is 3.04. The molecule has 3 aromatic rings. The standard InChI is InChI=1S/C21H23N3O2S/c1-13-9-11-24(12-10-13)21(25)19-18(22)16-7-8-17(23-20(16)27-19)14-3-5-15(26-2)6-4-14/h3-8,13H,9-12,22H2,1-2H3. The number of likely N-dealkylation sites (tertiary alicyclic amines) is 1. The van der Waals surface area contributed by atoms with Gasteiger partial charge >= 0.3 is 0 Å². The summed E-state index contributed by atoms with van der Waals surface area (Å²) in [7, 11) is 1.65. The van der Waals surface area contributed by atoms with E-state index in [4.69, 9.17) is 15.5 Å². The zero-order valence-electron chi connectivity index (χ0n) is 15.6. The van der Waals surface area contributed by atoms with Gasteiger partial charge in [-0.25, -0.2) is 4.98 Å². The summed E-state index contributed by atoms with van der Waals surface area (Å²) in [4.78, 5) is 21.0. The molecule has 0 bridgehead atoms. The highest BCUT2D eigenvalue weighted by atomic mass is 32.1. The molecule has 6 heteroatoms. The molecule has 0 atom stereocenters. The summed E-state index contributed by atoms with van der Waals surface area (Å²) < 4.78 is 5.21. The zero-order valence-corrected chi connectivity index (χ0v) is 16.4. The Bertz CT molecular complexity index is 973. The number of piperidine rings is 1. The second-order valence-electron chi connectivity index (χ2n) is 7.10. The highest BCUT2D eigenvalue weighted by Gasteiger charge is 2.25. The number of fused-ring (bicyclic) bond motifs is 1. The molecule has 140 valence electrons. The van der Waals surface area contributed by atoms with E-state index in [1.807, 2.05) is 41.3 Å². The molecule has 0 unspecified atom stereocenters. The molecule has 27 heavy (non-hydrogen) atoms. The average molecular weight is 382 g/mol. The highest BCUT2D eigenvalue weighted by Crippen LogP contribution is 2.35. The van der Waals surface area contributed by atoms with Gasteiger partial charge in [-0.15, -0.1) is 11.3 Å². The maximum atomic E-state index is 12.9. The van der Waals surface area contributed by atoms with Crippen molar-refractivity contribution >= 4 is 33.1 Å². The number of nitrogen functional groups attached to an aromatic ring is 1. The highest BCUT2D eigenvalue weighted by molar-refractivity contribution is 7.21. The topological polar surface area (TPSA) is 68.5 Å². The molecule has 1 aromatic carbocycles. The first-order valence-electron chi connectivity index (χ1n) is 9.19. The molecular formula is C21H23N3O2S. The van der Waals surface area contributed by atoms with Crippen molar-refractivity contribution in [3.8, 4) is 17.0 Å². The Morgan fingerprint density at radius 3 is 2.56 bits per heavy atom. The molecule has 1 saturated heterocycles. The number of carbonyl (C=O) groups excluding carboxylic acids is 1. The summed E-state index contributed by atoms with van der Waals surface area (Å²) in [6.45, 7) is 3.84. The molecule has 1 aliphatic rings. The van der Waals surface area contributed by atoms with Gasteiger partial charge in [0.05, 0.1) is 18.5 Å². The molecule has 4 rings (SSSR count). The van der Waals surface area contributed by atoms with Gasteiger partial charge in [-0.05, 0) is 55.2 Å². The lowest BCUT2D eigenvalue weighted by Crippen LogP contribution is -2.37. The number of carbonyl (C=O) groups is 1. The number of methoxy groups -OCH3 is 1. The van der Waals surface area contributed by atoms with Crippen molar-refractivity contribution in [2.24, 2.45) is 5.92 Å². The summed E-state index contributed by atoms with van der Waals surface area (Å²) in [6.07, 6.45) is 2.10. The predicted molar refractivity (Wildman–Crippen MR) is 110 cm³/mol. The van der Waals surface area contributed by atoms with E-state index in [-0.39, 0.29) is 5.91 Å². The van der Waals surface area contributed by atoms with E-state index in [9.17, 15) is 4.79 Å². The number of rotatable bonds is 3. The van der Waals surface area contributed by atoms with Crippen LogP contribution in [-0.2, 0) is 0 Å². The van der Waals surface area contributed by atoms with Crippen LogP contribution < -0.4 is 10.5 Å². The quantitative estimate of drug-likeness (QED) is 0.729. The van der Waals surface area contributed by atoms with Crippen LogP contribution in [-0.4, -0.2) is 36.0 Å². The largest absolute Gasteiger partial charge is 0.497 e. The van der Waals surface area contributed by atoms with Crippen LogP contribution in [0.3, 0.4) is 0 Å². The molecule has 5 nitrogen and oxygen atoms in total. The third-order valence-electron chi connectivity index (χ3n) is 5.24. The second-order valence-corrected chi connectivity index (χ2v) is 8.10. The smallest absolute Gasteiger partial charge is 0.266 e. The molecule has 1 amide bonds. The molecule has 1 fully saturated rings. The minimum absolute atomic E-state index is 0.0356. The number of anilines is 1. The van der Waals surface area contributed by atoms with Gasteiger partial charge in [0.1, 0.15) is 15.5 Å². The first kappa shape index (κ1) is 17.8. The van der Waals surface area contributed by atoms with Crippen molar-refractivity contribution in [1.82, 2.24) is 9.88 Å². The Balaban J connectivity index is 1.65. The van der Waals surface area contributed by atoms with Gasteiger partial charge in [0.25, 0.3) is 5.91 Å². The Labute approximate surface area is 162 Å². The second kappa shape index (κ2) is 7.19. The fraction of sp³-hybridized carbons (Fsp3) is 0.333. The minimum Gasteiger partial charge on any atom is -0.497 e. The van der Waals surface area contributed by atoms with Gasteiger partial charge in [0.2, 0.25) is 0 Å². The number of ether oxygens (including phenoxy) is 1. The van der Waals surface area contributed by atoms with E-state index >= 15 is 0 Å². The Morgan fingerprint density at radius 1 is 1.19 bits per heavy atom. The van der Waals surface area contributed by atoms with E-state index in [1.54, 1.807) is 7.11 Å². The van der Waals surface area contributed by atoms with E-state index < -0.39 is 0 Å². The number of nitrogens with zero attached hydrogens (tertiary/aromatic N) is 2. The minimum atomic E-state index is 0.0356.